The second kappa shape index (κ2) is 5.99. The van der Waals surface area contributed by atoms with E-state index in [1.807, 2.05) is 30.3 Å². The number of nitrogens with one attached hydrogen (secondary N) is 1. The maximum atomic E-state index is 5.58. The number of hydroxylamine groups is 1. The highest BCUT2D eigenvalue weighted by atomic mass is 32.5. The van der Waals surface area contributed by atoms with Gasteiger partial charge in [0.25, 0.3) is 6.49 Å². The average molecular weight is 258 g/mol. The molecule has 6 heteroatoms. The molecule has 0 spiro atoms. The zero-order valence-corrected chi connectivity index (χ0v) is 11.2. The van der Waals surface area contributed by atoms with Gasteiger partial charge in [-0.1, -0.05) is 18.2 Å². The molecule has 1 aromatic carbocycles. The Morgan fingerprint density at radius 3 is 2.56 bits per heavy atom. The van der Waals surface area contributed by atoms with Gasteiger partial charge in [-0.2, -0.15) is 0 Å². The summed E-state index contributed by atoms with van der Waals surface area (Å²) in [4.78, 5) is 3.90. The van der Waals surface area contributed by atoms with E-state index in [4.69, 9.17) is 21.0 Å². The van der Waals surface area contributed by atoms with Crippen LogP contribution in [0.2, 0.25) is 0 Å². The van der Waals surface area contributed by atoms with Crippen LogP contribution in [0.4, 0.5) is 0 Å². The second-order valence-electron chi connectivity index (χ2n) is 3.18. The van der Waals surface area contributed by atoms with Gasteiger partial charge in [0.15, 0.2) is 0 Å². The molecule has 1 unspecified atom stereocenters. The lowest BCUT2D eigenvalue weighted by atomic mass is 10.3. The highest BCUT2D eigenvalue weighted by molar-refractivity contribution is 8.09. The van der Waals surface area contributed by atoms with Crippen molar-refractivity contribution in [2.24, 2.45) is 4.99 Å². The molecule has 88 valence electrons. The van der Waals surface area contributed by atoms with Gasteiger partial charge in [0.1, 0.15) is 11.6 Å². The summed E-state index contributed by atoms with van der Waals surface area (Å²) in [6.07, 6.45) is 0. The van der Waals surface area contributed by atoms with E-state index < -0.39 is 6.49 Å². The maximum Gasteiger partial charge on any atom is 0.258 e. The van der Waals surface area contributed by atoms with Crippen LogP contribution in [0.3, 0.4) is 0 Å². The summed E-state index contributed by atoms with van der Waals surface area (Å²) in [6, 6.07) is 9.37. The Labute approximate surface area is 101 Å². The lowest BCUT2D eigenvalue weighted by Crippen LogP contribution is -2.20. The number of amidine groups is 1. The minimum atomic E-state index is -2.34. The van der Waals surface area contributed by atoms with Crippen molar-refractivity contribution in [1.29, 1.82) is 0 Å². The van der Waals surface area contributed by atoms with Gasteiger partial charge in [0.05, 0.1) is 0 Å². The molecule has 1 rings (SSSR count). The highest BCUT2D eigenvalue weighted by Crippen LogP contribution is 2.43. The molecular weight excluding hydrogens is 243 g/mol. The Morgan fingerprint density at radius 1 is 1.38 bits per heavy atom. The van der Waals surface area contributed by atoms with Crippen molar-refractivity contribution in [1.82, 2.24) is 5.48 Å². The van der Waals surface area contributed by atoms with Gasteiger partial charge in [-0.3, -0.25) is 4.99 Å². The molecule has 16 heavy (non-hydrogen) atoms. The van der Waals surface area contributed by atoms with E-state index in [2.05, 4.69) is 10.5 Å². The van der Waals surface area contributed by atoms with Crippen LogP contribution in [0.15, 0.2) is 35.3 Å². The molecule has 0 saturated heterocycles. The molecule has 0 aromatic heterocycles. The maximum absolute atomic E-state index is 5.58. The third-order valence-corrected chi connectivity index (χ3v) is 3.12. The first-order chi connectivity index (χ1) is 7.53. The van der Waals surface area contributed by atoms with Crippen LogP contribution in [0, 0.1) is 0 Å². The molecule has 0 aliphatic carbocycles. The van der Waals surface area contributed by atoms with Crippen molar-refractivity contribution >= 4 is 24.1 Å². The molecule has 1 N–H and O–H groups in total. The van der Waals surface area contributed by atoms with Crippen LogP contribution < -0.4 is 10.0 Å². The average Bonchev–Trinajstić information content (AvgIpc) is 2.27. The van der Waals surface area contributed by atoms with Gasteiger partial charge in [-0.05, 0) is 30.9 Å². The van der Waals surface area contributed by atoms with Gasteiger partial charge in [-0.25, -0.2) is 10.1 Å². The number of nitrogens with zero attached hydrogens (tertiary/aromatic N) is 1. The number of hydrogen-bond donors (Lipinski definition) is 1. The summed E-state index contributed by atoms with van der Waals surface area (Å²) in [5.41, 5.74) is 2.66. The molecule has 0 aliphatic rings. The quantitative estimate of drug-likeness (QED) is 0.390. The van der Waals surface area contributed by atoms with E-state index in [0.717, 1.165) is 0 Å². The van der Waals surface area contributed by atoms with E-state index in [9.17, 15) is 0 Å². The molecular formula is C10H15N2O2PS. The van der Waals surface area contributed by atoms with E-state index >= 15 is 0 Å². The fourth-order valence-electron chi connectivity index (χ4n) is 0.886. The predicted molar refractivity (Wildman–Crippen MR) is 70.5 cm³/mol. The molecule has 0 fully saturated rings. The third-order valence-electron chi connectivity index (χ3n) is 1.71. The Balaban J connectivity index is 2.56. The molecule has 0 amide bonds. The molecule has 0 radical (unpaired) electrons. The van der Waals surface area contributed by atoms with Gasteiger partial charge >= 0.3 is 0 Å². The number of para-hydroxylation sites is 1. The van der Waals surface area contributed by atoms with Crippen LogP contribution in [0.5, 0.6) is 5.75 Å². The van der Waals surface area contributed by atoms with Gasteiger partial charge in [0, 0.05) is 13.7 Å². The van der Waals surface area contributed by atoms with Gasteiger partial charge < -0.3 is 4.52 Å². The van der Waals surface area contributed by atoms with Crippen LogP contribution in [-0.4, -0.2) is 19.5 Å². The molecule has 1 aromatic rings. The molecule has 0 heterocycles. The minimum Gasteiger partial charge on any atom is -0.442 e. The first-order valence-corrected chi connectivity index (χ1v) is 7.82. The molecule has 0 aliphatic heterocycles. The van der Waals surface area contributed by atoms with Gasteiger partial charge in [-0.15, -0.1) is 0 Å². The summed E-state index contributed by atoms with van der Waals surface area (Å²) < 4.78 is 10.9. The van der Waals surface area contributed by atoms with E-state index in [-0.39, 0.29) is 0 Å². The molecule has 4 nitrogen and oxygen atoms in total. The van der Waals surface area contributed by atoms with Crippen LogP contribution in [-0.2, 0) is 16.4 Å². The van der Waals surface area contributed by atoms with E-state index in [1.54, 1.807) is 20.6 Å². The van der Waals surface area contributed by atoms with Crippen LogP contribution in [0.25, 0.3) is 0 Å². The third kappa shape index (κ3) is 4.75. The first-order valence-electron chi connectivity index (χ1n) is 4.73. The van der Waals surface area contributed by atoms with E-state index in [0.29, 0.717) is 11.6 Å². The number of benzene rings is 1. The summed E-state index contributed by atoms with van der Waals surface area (Å²) in [6.45, 7) is 1.20. The molecule has 1 atom stereocenters. The Hall–Kier alpha value is -0.900. The van der Waals surface area contributed by atoms with Gasteiger partial charge in [0.2, 0.25) is 0 Å². The van der Waals surface area contributed by atoms with Crippen LogP contribution in [0.1, 0.15) is 6.92 Å². The zero-order valence-electron chi connectivity index (χ0n) is 9.51. The smallest absolute Gasteiger partial charge is 0.258 e. The first kappa shape index (κ1) is 13.2. The number of hydrogen-bond acceptors (Lipinski definition) is 4. The fraction of sp³-hybridized carbons (Fsp3) is 0.300. The van der Waals surface area contributed by atoms with Crippen molar-refractivity contribution in [2.75, 3.05) is 13.7 Å². The van der Waals surface area contributed by atoms with E-state index in [1.165, 1.54) is 0 Å². The second-order valence-corrected chi connectivity index (χ2v) is 7.08. The zero-order chi connectivity index (χ0) is 12.0. The lowest BCUT2D eigenvalue weighted by Gasteiger charge is -2.18. The summed E-state index contributed by atoms with van der Waals surface area (Å²) in [5.74, 6) is 1.37. The minimum absolute atomic E-state index is 0.660. The summed E-state index contributed by atoms with van der Waals surface area (Å²) >= 11 is 5.24. The van der Waals surface area contributed by atoms with Crippen molar-refractivity contribution in [3.8, 4) is 5.75 Å². The fourth-order valence-corrected chi connectivity index (χ4v) is 2.10. The van der Waals surface area contributed by atoms with Crippen molar-refractivity contribution in [3.63, 3.8) is 0 Å². The summed E-state index contributed by atoms with van der Waals surface area (Å²) in [7, 11) is 1.67. The SMILES string of the molecule is CN=C(C)NOP(C)(=S)Oc1ccccc1. The van der Waals surface area contributed by atoms with Crippen LogP contribution >= 0.6 is 6.49 Å². The summed E-state index contributed by atoms with van der Waals surface area (Å²) in [5, 5.41) is 0. The molecule has 0 bridgehead atoms. The number of aliphatic imine (C=N–C) groups is 1. The standard InChI is InChI=1S/C10H15N2O2PS/c1-9(11-2)12-14-15(3,16)13-10-7-5-4-6-8-10/h4-8H,1-3H3,(H,11,12). The number of rotatable bonds is 4. The Bertz CT molecular complexity index is 409. The Kier molecular flexibility index (Phi) is 4.93. The largest absolute Gasteiger partial charge is 0.442 e. The topological polar surface area (TPSA) is 42.9 Å². The monoisotopic (exact) mass is 258 g/mol. The Morgan fingerprint density at radius 2 is 2.00 bits per heavy atom. The lowest BCUT2D eigenvalue weighted by molar-refractivity contribution is 0.263. The molecule has 0 saturated carbocycles. The normalized spacial score (nSPS) is 15.3. The van der Waals surface area contributed by atoms with Crippen molar-refractivity contribution < 1.29 is 9.15 Å². The highest BCUT2D eigenvalue weighted by Gasteiger charge is 2.13. The van der Waals surface area contributed by atoms with Crippen molar-refractivity contribution in [2.45, 2.75) is 6.92 Å². The predicted octanol–water partition coefficient (Wildman–Crippen LogP) is 2.57. The van der Waals surface area contributed by atoms with Crippen molar-refractivity contribution in [3.05, 3.63) is 30.3 Å².